The standard InChI is InChI=1S/C21H16ClF3N2O2/c22-17-5-4-14-8-15(17)11-28-7-6-13-9-19(21(23,24)25)26-10-16(13)12-29-20-3-1-2-18(14)27-20/h1-5,8-10H,6-7,11-12H2. The highest BCUT2D eigenvalue weighted by Gasteiger charge is 2.33. The molecule has 4 nitrogen and oxygen atoms in total. The SMILES string of the molecule is FC(F)(F)c1cc2c(cn1)COc1cccc(n1)-c1ccc(Cl)c(c1)COCC2. The largest absolute Gasteiger partial charge is 0.473 e. The average Bonchev–Trinajstić information content (AvgIpc) is 2.70. The predicted octanol–water partition coefficient (Wildman–Crippen LogP) is 5.47. The van der Waals surface area contributed by atoms with Crippen molar-refractivity contribution in [2.45, 2.75) is 25.8 Å². The maximum atomic E-state index is 13.1. The van der Waals surface area contributed by atoms with E-state index >= 15 is 0 Å². The van der Waals surface area contributed by atoms with Gasteiger partial charge in [-0.3, -0.25) is 4.98 Å². The lowest BCUT2D eigenvalue weighted by molar-refractivity contribution is -0.141. The first-order valence-electron chi connectivity index (χ1n) is 8.91. The molecule has 8 heteroatoms. The zero-order chi connectivity index (χ0) is 20.4. The normalized spacial score (nSPS) is 14.5. The van der Waals surface area contributed by atoms with Gasteiger partial charge in [-0.25, -0.2) is 4.98 Å². The quantitative estimate of drug-likeness (QED) is 0.484. The van der Waals surface area contributed by atoms with Crippen LogP contribution in [0.4, 0.5) is 13.2 Å². The molecule has 0 saturated heterocycles. The first-order valence-corrected chi connectivity index (χ1v) is 9.29. The molecule has 0 amide bonds. The first-order chi connectivity index (χ1) is 13.9. The number of rotatable bonds is 0. The summed E-state index contributed by atoms with van der Waals surface area (Å²) in [6, 6.07) is 11.9. The van der Waals surface area contributed by atoms with Crippen molar-refractivity contribution < 1.29 is 22.6 Å². The lowest BCUT2D eigenvalue weighted by Crippen LogP contribution is -2.12. The predicted molar refractivity (Wildman–Crippen MR) is 102 cm³/mol. The summed E-state index contributed by atoms with van der Waals surface area (Å²) in [5, 5.41) is 0.553. The molecule has 0 unspecified atom stereocenters. The van der Waals surface area contributed by atoms with Crippen molar-refractivity contribution in [1.82, 2.24) is 9.97 Å². The summed E-state index contributed by atoms with van der Waals surface area (Å²) in [5.41, 5.74) is 2.44. The van der Waals surface area contributed by atoms with Crippen LogP contribution in [-0.2, 0) is 30.5 Å². The molecule has 0 saturated carbocycles. The number of halogens is 4. The topological polar surface area (TPSA) is 44.2 Å². The number of alkyl halides is 3. The Hall–Kier alpha value is -2.64. The molecule has 2 aromatic heterocycles. The first kappa shape index (κ1) is 19.7. The van der Waals surface area contributed by atoms with Crippen LogP contribution in [0.5, 0.6) is 5.88 Å². The van der Waals surface area contributed by atoms with Crippen LogP contribution in [0, 0.1) is 0 Å². The molecule has 0 N–H and O–H groups in total. The van der Waals surface area contributed by atoms with Crippen molar-refractivity contribution in [2.75, 3.05) is 6.61 Å². The van der Waals surface area contributed by atoms with Crippen LogP contribution in [0.15, 0.2) is 48.7 Å². The van der Waals surface area contributed by atoms with Gasteiger partial charge in [0.1, 0.15) is 12.3 Å². The number of benzene rings is 1. The Morgan fingerprint density at radius 2 is 1.83 bits per heavy atom. The summed E-state index contributed by atoms with van der Waals surface area (Å²) in [4.78, 5) is 8.03. The molecule has 3 aromatic rings. The number of hydrogen-bond donors (Lipinski definition) is 0. The third-order valence-corrected chi connectivity index (χ3v) is 4.96. The maximum Gasteiger partial charge on any atom is 0.433 e. The molecule has 1 aliphatic heterocycles. The van der Waals surface area contributed by atoms with Crippen molar-refractivity contribution in [1.29, 1.82) is 0 Å². The minimum atomic E-state index is -4.51. The van der Waals surface area contributed by atoms with E-state index in [1.807, 2.05) is 18.2 Å². The summed E-state index contributed by atoms with van der Waals surface area (Å²) in [6.45, 7) is 0.538. The summed E-state index contributed by atoms with van der Waals surface area (Å²) in [5.74, 6) is 0.373. The van der Waals surface area contributed by atoms with Crippen molar-refractivity contribution in [3.05, 3.63) is 76.1 Å². The second-order valence-corrected chi connectivity index (χ2v) is 7.00. The molecule has 1 aliphatic rings. The van der Waals surface area contributed by atoms with Gasteiger partial charge in [-0.05, 0) is 41.8 Å². The van der Waals surface area contributed by atoms with Gasteiger partial charge < -0.3 is 9.47 Å². The van der Waals surface area contributed by atoms with Gasteiger partial charge in [0.15, 0.2) is 0 Å². The van der Waals surface area contributed by atoms with Gasteiger partial charge in [-0.2, -0.15) is 13.2 Å². The van der Waals surface area contributed by atoms with E-state index in [4.69, 9.17) is 21.1 Å². The number of nitrogens with zero attached hydrogens (tertiary/aromatic N) is 2. The van der Waals surface area contributed by atoms with Crippen molar-refractivity contribution >= 4 is 11.6 Å². The van der Waals surface area contributed by atoms with E-state index in [0.29, 0.717) is 27.7 Å². The second kappa shape index (κ2) is 8.00. The molecule has 1 aromatic carbocycles. The Morgan fingerprint density at radius 3 is 2.66 bits per heavy atom. The van der Waals surface area contributed by atoms with E-state index in [-0.39, 0.29) is 26.2 Å². The molecular weight excluding hydrogens is 405 g/mol. The van der Waals surface area contributed by atoms with E-state index < -0.39 is 11.9 Å². The van der Waals surface area contributed by atoms with Crippen LogP contribution in [0.2, 0.25) is 5.02 Å². The fraction of sp³-hybridized carbons (Fsp3) is 0.238. The van der Waals surface area contributed by atoms with Gasteiger partial charge in [0.25, 0.3) is 0 Å². The Labute approximate surface area is 170 Å². The van der Waals surface area contributed by atoms with Gasteiger partial charge in [-0.1, -0.05) is 23.7 Å². The minimum Gasteiger partial charge on any atom is -0.473 e. The van der Waals surface area contributed by atoms with E-state index in [9.17, 15) is 13.2 Å². The number of fused-ring (bicyclic) bond motifs is 6. The highest BCUT2D eigenvalue weighted by molar-refractivity contribution is 6.31. The highest BCUT2D eigenvalue weighted by Crippen LogP contribution is 2.30. The van der Waals surface area contributed by atoms with Crippen LogP contribution in [0.1, 0.15) is 22.4 Å². The molecule has 0 radical (unpaired) electrons. The van der Waals surface area contributed by atoms with E-state index in [2.05, 4.69) is 9.97 Å². The number of pyridine rings is 2. The molecule has 0 atom stereocenters. The zero-order valence-electron chi connectivity index (χ0n) is 15.2. The molecule has 0 fully saturated rings. The average molecular weight is 421 g/mol. The Balaban J connectivity index is 1.71. The number of hydrogen-bond acceptors (Lipinski definition) is 4. The maximum absolute atomic E-state index is 13.1. The van der Waals surface area contributed by atoms with Gasteiger partial charge >= 0.3 is 6.18 Å². The fourth-order valence-electron chi connectivity index (χ4n) is 3.06. The second-order valence-electron chi connectivity index (χ2n) is 6.59. The van der Waals surface area contributed by atoms with Crippen molar-refractivity contribution in [3.63, 3.8) is 0 Å². The van der Waals surface area contributed by atoms with Gasteiger partial charge in [0.05, 0.1) is 18.9 Å². The highest BCUT2D eigenvalue weighted by atomic mass is 35.5. The van der Waals surface area contributed by atoms with Crippen LogP contribution in [0.25, 0.3) is 11.3 Å². The molecule has 4 bridgehead atoms. The lowest BCUT2D eigenvalue weighted by atomic mass is 10.1. The molecule has 3 heterocycles. The smallest absolute Gasteiger partial charge is 0.433 e. The van der Waals surface area contributed by atoms with E-state index in [1.165, 1.54) is 6.20 Å². The molecule has 0 spiro atoms. The fourth-order valence-corrected chi connectivity index (χ4v) is 3.23. The molecular formula is C21H16ClF3N2O2. The Bertz CT molecular complexity index is 1040. The summed E-state index contributed by atoms with van der Waals surface area (Å²) in [7, 11) is 0. The minimum absolute atomic E-state index is 0.0583. The van der Waals surface area contributed by atoms with Gasteiger partial charge in [0.2, 0.25) is 5.88 Å². The Kier molecular flexibility index (Phi) is 5.43. The zero-order valence-corrected chi connectivity index (χ0v) is 15.9. The lowest BCUT2D eigenvalue weighted by Gasteiger charge is -2.15. The van der Waals surface area contributed by atoms with E-state index in [0.717, 1.165) is 17.2 Å². The third-order valence-electron chi connectivity index (χ3n) is 4.59. The summed E-state index contributed by atoms with van der Waals surface area (Å²) in [6.07, 6.45) is -3.03. The van der Waals surface area contributed by atoms with Crippen LogP contribution >= 0.6 is 11.6 Å². The molecule has 150 valence electrons. The molecule has 29 heavy (non-hydrogen) atoms. The third kappa shape index (κ3) is 4.52. The molecule has 4 rings (SSSR count). The van der Waals surface area contributed by atoms with Crippen LogP contribution < -0.4 is 4.74 Å². The monoisotopic (exact) mass is 420 g/mol. The summed E-state index contributed by atoms with van der Waals surface area (Å²) < 4.78 is 50.6. The molecule has 0 aliphatic carbocycles. The van der Waals surface area contributed by atoms with Crippen molar-refractivity contribution in [3.8, 4) is 17.1 Å². The van der Waals surface area contributed by atoms with E-state index in [1.54, 1.807) is 18.2 Å². The number of aromatic nitrogens is 2. The van der Waals surface area contributed by atoms with Crippen LogP contribution in [-0.4, -0.2) is 16.6 Å². The summed E-state index contributed by atoms with van der Waals surface area (Å²) >= 11 is 6.26. The van der Waals surface area contributed by atoms with Gasteiger partial charge in [-0.15, -0.1) is 0 Å². The van der Waals surface area contributed by atoms with Crippen molar-refractivity contribution in [2.24, 2.45) is 0 Å². The van der Waals surface area contributed by atoms with Crippen LogP contribution in [0.3, 0.4) is 0 Å². The number of ether oxygens (including phenoxy) is 2. The van der Waals surface area contributed by atoms with Gasteiger partial charge in [0, 0.05) is 28.4 Å². The Morgan fingerprint density at radius 1 is 0.966 bits per heavy atom.